The molecule has 0 radical (unpaired) electrons. The van der Waals surface area contributed by atoms with Crippen molar-refractivity contribution in [3.8, 4) is 5.75 Å². The first-order chi connectivity index (χ1) is 11.5. The van der Waals surface area contributed by atoms with Gasteiger partial charge < -0.3 is 4.74 Å². The molecule has 9 heteroatoms. The van der Waals surface area contributed by atoms with Crippen LogP contribution in [0, 0.1) is 5.92 Å². The molecule has 1 amide bonds. The fourth-order valence-corrected chi connectivity index (χ4v) is 1.91. The third-order valence-corrected chi connectivity index (χ3v) is 3.07. The molecule has 0 aliphatic rings. The zero-order valence-corrected chi connectivity index (χ0v) is 14.6. The van der Waals surface area contributed by atoms with Gasteiger partial charge in [-0.15, -0.1) is 5.10 Å². The van der Waals surface area contributed by atoms with Gasteiger partial charge in [0.05, 0.1) is 13.2 Å². The molecule has 0 aliphatic heterocycles. The SMILES string of the molecule is CCn1nnc(NC(=S)NC(=O)c2cccc(OCC(C)C)c2)n1. The first-order valence-corrected chi connectivity index (χ1v) is 8.01. The first-order valence-electron chi connectivity index (χ1n) is 7.61. The molecule has 2 rings (SSSR count). The zero-order chi connectivity index (χ0) is 17.5. The predicted molar refractivity (Wildman–Crippen MR) is 94.0 cm³/mol. The lowest BCUT2D eigenvalue weighted by molar-refractivity contribution is 0.0977. The highest BCUT2D eigenvalue weighted by Crippen LogP contribution is 2.14. The van der Waals surface area contributed by atoms with Gasteiger partial charge >= 0.3 is 0 Å². The topological polar surface area (TPSA) is 94.0 Å². The Bertz CT molecular complexity index is 715. The molecule has 0 unspecified atom stereocenters. The molecule has 24 heavy (non-hydrogen) atoms. The Morgan fingerprint density at radius 1 is 1.42 bits per heavy atom. The van der Waals surface area contributed by atoms with Crippen molar-refractivity contribution in [2.45, 2.75) is 27.3 Å². The lowest BCUT2D eigenvalue weighted by atomic mass is 10.2. The first kappa shape index (κ1) is 17.8. The fourth-order valence-electron chi connectivity index (χ4n) is 1.73. The molecule has 1 aromatic heterocycles. The van der Waals surface area contributed by atoms with E-state index in [-0.39, 0.29) is 17.0 Å². The van der Waals surface area contributed by atoms with E-state index in [9.17, 15) is 4.79 Å². The Morgan fingerprint density at radius 3 is 2.88 bits per heavy atom. The lowest BCUT2D eigenvalue weighted by Gasteiger charge is -2.10. The number of rotatable bonds is 6. The van der Waals surface area contributed by atoms with Crippen LogP contribution >= 0.6 is 12.2 Å². The molecule has 0 saturated heterocycles. The van der Waals surface area contributed by atoms with Crippen LogP contribution in [0.5, 0.6) is 5.75 Å². The average Bonchev–Trinajstić information content (AvgIpc) is 3.00. The van der Waals surface area contributed by atoms with Crippen LogP contribution in [0.3, 0.4) is 0 Å². The Hall–Kier alpha value is -2.55. The van der Waals surface area contributed by atoms with Crippen molar-refractivity contribution in [1.82, 2.24) is 25.5 Å². The van der Waals surface area contributed by atoms with Gasteiger partial charge in [0.1, 0.15) is 5.75 Å². The number of amides is 1. The molecule has 128 valence electrons. The largest absolute Gasteiger partial charge is 0.493 e. The predicted octanol–water partition coefficient (Wildman–Crippen LogP) is 1.85. The number of benzene rings is 1. The molecule has 1 aromatic carbocycles. The van der Waals surface area contributed by atoms with Crippen LogP contribution in [0.25, 0.3) is 0 Å². The van der Waals surface area contributed by atoms with Crippen molar-refractivity contribution < 1.29 is 9.53 Å². The number of carbonyl (C=O) groups is 1. The number of carbonyl (C=O) groups excluding carboxylic acids is 1. The molecule has 0 fully saturated rings. The van der Waals surface area contributed by atoms with Gasteiger partial charge in [-0.2, -0.15) is 4.80 Å². The Labute approximate surface area is 145 Å². The summed E-state index contributed by atoms with van der Waals surface area (Å²) in [6.45, 7) is 7.19. The smallest absolute Gasteiger partial charge is 0.269 e. The summed E-state index contributed by atoms with van der Waals surface area (Å²) in [7, 11) is 0. The zero-order valence-electron chi connectivity index (χ0n) is 13.8. The van der Waals surface area contributed by atoms with E-state index in [1.165, 1.54) is 4.80 Å². The number of ether oxygens (including phenoxy) is 1. The quantitative estimate of drug-likeness (QED) is 0.769. The van der Waals surface area contributed by atoms with Gasteiger partial charge in [-0.25, -0.2) is 0 Å². The van der Waals surface area contributed by atoms with Gasteiger partial charge in [-0.3, -0.25) is 15.4 Å². The molecular weight excluding hydrogens is 328 g/mol. The number of aromatic nitrogens is 4. The number of thiocarbonyl (C=S) groups is 1. The summed E-state index contributed by atoms with van der Waals surface area (Å²) >= 11 is 5.08. The maximum absolute atomic E-state index is 12.2. The van der Waals surface area contributed by atoms with Gasteiger partial charge in [0.2, 0.25) is 0 Å². The maximum Gasteiger partial charge on any atom is 0.269 e. The molecule has 2 aromatic rings. The summed E-state index contributed by atoms with van der Waals surface area (Å²) in [5, 5.41) is 17.0. The number of tetrazole rings is 1. The highest BCUT2D eigenvalue weighted by atomic mass is 32.1. The number of aryl methyl sites for hydroxylation is 1. The summed E-state index contributed by atoms with van der Waals surface area (Å²) in [4.78, 5) is 13.6. The van der Waals surface area contributed by atoms with Gasteiger partial charge in [0.25, 0.3) is 11.9 Å². The summed E-state index contributed by atoms with van der Waals surface area (Å²) < 4.78 is 5.61. The minimum Gasteiger partial charge on any atom is -0.493 e. The van der Waals surface area contributed by atoms with E-state index in [0.29, 0.717) is 30.4 Å². The molecule has 0 aliphatic carbocycles. The molecule has 0 saturated carbocycles. The second-order valence-corrected chi connectivity index (χ2v) is 5.85. The second-order valence-electron chi connectivity index (χ2n) is 5.44. The van der Waals surface area contributed by atoms with E-state index in [4.69, 9.17) is 17.0 Å². The van der Waals surface area contributed by atoms with E-state index in [1.54, 1.807) is 18.2 Å². The van der Waals surface area contributed by atoms with Gasteiger partial charge in [-0.1, -0.05) is 25.0 Å². The van der Waals surface area contributed by atoms with Crippen molar-refractivity contribution in [2.24, 2.45) is 5.92 Å². The van der Waals surface area contributed by atoms with E-state index >= 15 is 0 Å². The van der Waals surface area contributed by atoms with Crippen LogP contribution in [0.1, 0.15) is 31.1 Å². The third kappa shape index (κ3) is 5.27. The van der Waals surface area contributed by atoms with Gasteiger partial charge in [-0.05, 0) is 48.5 Å². The molecule has 8 nitrogen and oxygen atoms in total. The number of nitrogens with one attached hydrogen (secondary N) is 2. The average molecular weight is 348 g/mol. The van der Waals surface area contributed by atoms with E-state index < -0.39 is 0 Å². The fraction of sp³-hybridized carbons (Fsp3) is 0.400. The second kappa shape index (κ2) is 8.34. The number of anilines is 1. The van der Waals surface area contributed by atoms with Crippen LogP contribution in [0.15, 0.2) is 24.3 Å². The minimum atomic E-state index is -0.342. The van der Waals surface area contributed by atoms with Gasteiger partial charge in [0, 0.05) is 5.56 Å². The summed E-state index contributed by atoms with van der Waals surface area (Å²) in [5.74, 6) is 0.938. The van der Waals surface area contributed by atoms with Gasteiger partial charge in [0.15, 0.2) is 5.11 Å². The molecule has 2 N–H and O–H groups in total. The molecule has 1 heterocycles. The van der Waals surface area contributed by atoms with Crippen LogP contribution < -0.4 is 15.4 Å². The summed E-state index contributed by atoms with van der Waals surface area (Å²) in [6.07, 6.45) is 0. The van der Waals surface area contributed by atoms with E-state index in [2.05, 4.69) is 39.9 Å². The van der Waals surface area contributed by atoms with Crippen molar-refractivity contribution in [3.05, 3.63) is 29.8 Å². The normalized spacial score (nSPS) is 10.5. The van der Waals surface area contributed by atoms with Crippen molar-refractivity contribution in [1.29, 1.82) is 0 Å². The number of hydrogen-bond acceptors (Lipinski definition) is 6. The van der Waals surface area contributed by atoms with Crippen LogP contribution in [-0.4, -0.2) is 37.8 Å². The minimum absolute atomic E-state index is 0.101. The highest BCUT2D eigenvalue weighted by Gasteiger charge is 2.11. The highest BCUT2D eigenvalue weighted by molar-refractivity contribution is 7.80. The lowest BCUT2D eigenvalue weighted by Crippen LogP contribution is -2.34. The maximum atomic E-state index is 12.2. The molecule has 0 atom stereocenters. The number of hydrogen-bond donors (Lipinski definition) is 2. The summed E-state index contributed by atoms with van der Waals surface area (Å²) in [5.41, 5.74) is 0.450. The van der Waals surface area contributed by atoms with Crippen LogP contribution in [-0.2, 0) is 6.54 Å². The van der Waals surface area contributed by atoms with Crippen molar-refractivity contribution >= 4 is 29.2 Å². The Kier molecular flexibility index (Phi) is 6.19. The van der Waals surface area contributed by atoms with Crippen molar-refractivity contribution in [2.75, 3.05) is 11.9 Å². The van der Waals surface area contributed by atoms with Crippen molar-refractivity contribution in [3.63, 3.8) is 0 Å². The van der Waals surface area contributed by atoms with Crippen LogP contribution in [0.2, 0.25) is 0 Å². The molecule has 0 bridgehead atoms. The molecule has 0 spiro atoms. The Morgan fingerprint density at radius 2 is 2.21 bits per heavy atom. The monoisotopic (exact) mass is 348 g/mol. The van der Waals surface area contributed by atoms with Crippen LogP contribution in [0.4, 0.5) is 5.95 Å². The Balaban J connectivity index is 1.93. The standard InChI is InChI=1S/C15H20N6O2S/c1-4-21-19-14(18-20-21)17-15(24)16-13(22)11-6-5-7-12(8-11)23-9-10(2)3/h5-8,10H,4,9H2,1-3H3,(H2,16,17,19,22,24). The summed E-state index contributed by atoms with van der Waals surface area (Å²) in [6, 6.07) is 6.93. The number of nitrogens with zero attached hydrogens (tertiary/aromatic N) is 4. The molecular formula is C15H20N6O2S. The van der Waals surface area contributed by atoms with E-state index in [0.717, 1.165) is 0 Å². The third-order valence-electron chi connectivity index (χ3n) is 2.87. The van der Waals surface area contributed by atoms with E-state index in [1.807, 2.05) is 13.0 Å².